The van der Waals surface area contributed by atoms with Crippen molar-refractivity contribution in [1.29, 1.82) is 0 Å². The SMILES string of the molecule is CC(=O)COc1ccc2c(c1)O/C(=C\c1ccccc1Br)C2=O. The fourth-order valence-corrected chi connectivity index (χ4v) is 2.57. The van der Waals surface area contributed by atoms with Crippen LogP contribution in [0.25, 0.3) is 6.08 Å². The second-order valence-electron chi connectivity index (χ2n) is 5.11. The van der Waals surface area contributed by atoms with Crippen LogP contribution in [0, 0.1) is 0 Å². The van der Waals surface area contributed by atoms with Crippen molar-refractivity contribution in [3.8, 4) is 11.5 Å². The summed E-state index contributed by atoms with van der Waals surface area (Å²) in [4.78, 5) is 23.4. The molecule has 0 unspecified atom stereocenters. The van der Waals surface area contributed by atoms with Gasteiger partial charge in [-0.1, -0.05) is 34.1 Å². The number of fused-ring (bicyclic) bond motifs is 1. The van der Waals surface area contributed by atoms with Crippen molar-refractivity contribution in [2.45, 2.75) is 6.92 Å². The average molecular weight is 373 g/mol. The van der Waals surface area contributed by atoms with E-state index in [1.165, 1.54) is 6.92 Å². The molecule has 4 nitrogen and oxygen atoms in total. The summed E-state index contributed by atoms with van der Waals surface area (Å²) in [5.74, 6) is 0.949. The number of rotatable bonds is 4. The molecule has 1 aliphatic heterocycles. The van der Waals surface area contributed by atoms with Crippen LogP contribution < -0.4 is 9.47 Å². The van der Waals surface area contributed by atoms with Crippen LogP contribution in [-0.2, 0) is 4.79 Å². The maximum Gasteiger partial charge on any atom is 0.231 e. The molecule has 1 aliphatic rings. The number of halogens is 1. The van der Waals surface area contributed by atoms with Crippen molar-refractivity contribution in [3.63, 3.8) is 0 Å². The van der Waals surface area contributed by atoms with Gasteiger partial charge in [0.1, 0.15) is 18.1 Å². The number of Topliss-reactive ketones (excluding diaryl/α,β-unsaturated/α-hetero) is 2. The van der Waals surface area contributed by atoms with Gasteiger partial charge < -0.3 is 9.47 Å². The summed E-state index contributed by atoms with van der Waals surface area (Å²) in [6, 6.07) is 12.5. The smallest absolute Gasteiger partial charge is 0.231 e. The summed E-state index contributed by atoms with van der Waals surface area (Å²) < 4.78 is 11.9. The van der Waals surface area contributed by atoms with Crippen molar-refractivity contribution >= 4 is 33.6 Å². The Morgan fingerprint density at radius 2 is 2.04 bits per heavy atom. The number of benzene rings is 2. The van der Waals surface area contributed by atoms with Crippen LogP contribution in [0.15, 0.2) is 52.7 Å². The Morgan fingerprint density at radius 3 is 2.78 bits per heavy atom. The minimum absolute atomic E-state index is 0.00755. The molecule has 0 saturated carbocycles. The van der Waals surface area contributed by atoms with Crippen molar-refractivity contribution in [2.75, 3.05) is 6.61 Å². The second kappa shape index (κ2) is 6.38. The molecule has 0 N–H and O–H groups in total. The first-order valence-corrected chi connectivity index (χ1v) is 7.79. The van der Waals surface area contributed by atoms with Crippen molar-refractivity contribution in [1.82, 2.24) is 0 Å². The van der Waals surface area contributed by atoms with Crippen LogP contribution in [0.1, 0.15) is 22.8 Å². The first kappa shape index (κ1) is 15.5. The van der Waals surface area contributed by atoms with Gasteiger partial charge in [0.25, 0.3) is 0 Å². The molecule has 3 rings (SSSR count). The Morgan fingerprint density at radius 1 is 1.26 bits per heavy atom. The molecule has 0 aliphatic carbocycles. The second-order valence-corrected chi connectivity index (χ2v) is 5.96. The lowest BCUT2D eigenvalue weighted by Crippen LogP contribution is -2.06. The molecule has 0 atom stereocenters. The zero-order valence-electron chi connectivity index (χ0n) is 12.3. The number of allylic oxidation sites excluding steroid dienone is 1. The molecule has 23 heavy (non-hydrogen) atoms. The maximum absolute atomic E-state index is 12.4. The van der Waals surface area contributed by atoms with E-state index in [0.29, 0.717) is 17.1 Å². The Bertz CT molecular complexity index is 824. The minimum atomic E-state index is -0.172. The Labute approximate surface area is 141 Å². The van der Waals surface area contributed by atoms with E-state index in [4.69, 9.17) is 9.47 Å². The molecule has 0 fully saturated rings. The zero-order valence-corrected chi connectivity index (χ0v) is 13.9. The van der Waals surface area contributed by atoms with E-state index in [0.717, 1.165) is 10.0 Å². The molecular formula is C18H13BrO4. The van der Waals surface area contributed by atoms with E-state index < -0.39 is 0 Å². The fourth-order valence-electron chi connectivity index (χ4n) is 2.18. The van der Waals surface area contributed by atoms with Gasteiger partial charge in [-0.25, -0.2) is 0 Å². The maximum atomic E-state index is 12.4. The van der Waals surface area contributed by atoms with Gasteiger partial charge in [-0.3, -0.25) is 9.59 Å². The summed E-state index contributed by atoms with van der Waals surface area (Å²) in [6.07, 6.45) is 1.70. The van der Waals surface area contributed by atoms with Gasteiger partial charge in [0.05, 0.1) is 5.56 Å². The summed E-state index contributed by atoms with van der Waals surface area (Å²) in [6.45, 7) is 1.44. The minimum Gasteiger partial charge on any atom is -0.486 e. The number of carbonyl (C=O) groups is 2. The van der Waals surface area contributed by atoms with E-state index in [1.807, 2.05) is 24.3 Å². The lowest BCUT2D eigenvalue weighted by atomic mass is 10.1. The van der Waals surface area contributed by atoms with Crippen molar-refractivity contribution < 1.29 is 19.1 Å². The van der Waals surface area contributed by atoms with E-state index in [1.54, 1.807) is 24.3 Å². The molecule has 116 valence electrons. The Hall–Kier alpha value is -2.40. The van der Waals surface area contributed by atoms with Crippen LogP contribution >= 0.6 is 15.9 Å². The molecular weight excluding hydrogens is 360 g/mol. The van der Waals surface area contributed by atoms with E-state index >= 15 is 0 Å². The number of hydrogen-bond acceptors (Lipinski definition) is 4. The van der Waals surface area contributed by atoms with Crippen LogP contribution in [0.3, 0.4) is 0 Å². The molecule has 0 bridgehead atoms. The summed E-state index contributed by atoms with van der Waals surface area (Å²) >= 11 is 3.44. The molecule has 2 aromatic rings. The highest BCUT2D eigenvalue weighted by molar-refractivity contribution is 9.10. The van der Waals surface area contributed by atoms with E-state index in [-0.39, 0.29) is 23.9 Å². The Kier molecular flexibility index (Phi) is 4.30. The lowest BCUT2D eigenvalue weighted by molar-refractivity contribution is -0.118. The molecule has 2 aromatic carbocycles. The van der Waals surface area contributed by atoms with Gasteiger partial charge in [0, 0.05) is 10.5 Å². The third-order valence-electron chi connectivity index (χ3n) is 3.28. The third-order valence-corrected chi connectivity index (χ3v) is 4.00. The molecule has 0 saturated heterocycles. The van der Waals surface area contributed by atoms with Gasteiger partial charge in [-0.05, 0) is 36.8 Å². The highest BCUT2D eigenvalue weighted by atomic mass is 79.9. The molecule has 0 spiro atoms. The standard InChI is InChI=1S/C18H13BrO4/c1-11(20)10-22-13-6-7-14-16(9-13)23-17(18(14)21)8-12-4-2-3-5-15(12)19/h2-9H,10H2,1H3/b17-8-. The topological polar surface area (TPSA) is 52.6 Å². The molecule has 0 amide bonds. The van der Waals surface area contributed by atoms with Gasteiger partial charge in [0.15, 0.2) is 11.5 Å². The molecule has 1 heterocycles. The lowest BCUT2D eigenvalue weighted by Gasteiger charge is -2.05. The van der Waals surface area contributed by atoms with Crippen molar-refractivity contribution in [3.05, 3.63) is 63.8 Å². The van der Waals surface area contributed by atoms with Crippen LogP contribution in [0.2, 0.25) is 0 Å². The van der Waals surface area contributed by atoms with Gasteiger partial charge in [-0.2, -0.15) is 0 Å². The molecule has 0 radical (unpaired) electrons. The monoisotopic (exact) mass is 372 g/mol. The first-order chi connectivity index (χ1) is 11.0. The number of hydrogen-bond donors (Lipinski definition) is 0. The predicted molar refractivity (Wildman–Crippen MR) is 89.7 cm³/mol. The van der Waals surface area contributed by atoms with E-state index in [2.05, 4.69) is 15.9 Å². The zero-order chi connectivity index (χ0) is 16.4. The summed E-state index contributed by atoms with van der Waals surface area (Å²) in [5, 5.41) is 0. The number of carbonyl (C=O) groups excluding carboxylic acids is 2. The highest BCUT2D eigenvalue weighted by Crippen LogP contribution is 2.35. The van der Waals surface area contributed by atoms with E-state index in [9.17, 15) is 9.59 Å². The van der Waals surface area contributed by atoms with Gasteiger partial charge in [0.2, 0.25) is 5.78 Å². The predicted octanol–water partition coefficient (Wildman–Crippen LogP) is 4.03. The fraction of sp³-hybridized carbons (Fsp3) is 0.111. The molecule has 0 aromatic heterocycles. The summed E-state index contributed by atoms with van der Waals surface area (Å²) in [7, 11) is 0. The normalized spacial score (nSPS) is 14.5. The van der Waals surface area contributed by atoms with Crippen molar-refractivity contribution in [2.24, 2.45) is 0 Å². The number of ketones is 2. The quantitative estimate of drug-likeness (QED) is 0.760. The average Bonchev–Trinajstić information content (AvgIpc) is 2.83. The van der Waals surface area contributed by atoms with Gasteiger partial charge in [-0.15, -0.1) is 0 Å². The van der Waals surface area contributed by atoms with Crippen LogP contribution in [-0.4, -0.2) is 18.2 Å². The summed E-state index contributed by atoms with van der Waals surface area (Å²) in [5.41, 5.74) is 1.34. The number of ether oxygens (including phenoxy) is 2. The largest absolute Gasteiger partial charge is 0.486 e. The molecule has 5 heteroatoms. The van der Waals surface area contributed by atoms with Gasteiger partial charge >= 0.3 is 0 Å². The highest BCUT2D eigenvalue weighted by Gasteiger charge is 2.27. The third kappa shape index (κ3) is 3.35. The Balaban J connectivity index is 1.87. The van der Waals surface area contributed by atoms with Crippen LogP contribution in [0.5, 0.6) is 11.5 Å². The van der Waals surface area contributed by atoms with Crippen LogP contribution in [0.4, 0.5) is 0 Å². The first-order valence-electron chi connectivity index (χ1n) is 6.99.